The number of rotatable bonds is 1. The summed E-state index contributed by atoms with van der Waals surface area (Å²) in [6.07, 6.45) is 4.32. The first-order valence-electron chi connectivity index (χ1n) is 2.54. The molecule has 2 heteroatoms. The number of hydrogen-bond acceptors (Lipinski definition) is 1. The van der Waals surface area contributed by atoms with Gasteiger partial charge in [-0.2, -0.15) is 12.6 Å². The van der Waals surface area contributed by atoms with Crippen LogP contribution >= 0.6 is 12.6 Å². The predicted molar refractivity (Wildman–Crippen MR) is 38.3 cm³/mol. The van der Waals surface area contributed by atoms with Gasteiger partial charge in [0.25, 0.3) is 0 Å². The van der Waals surface area contributed by atoms with Crippen LogP contribution in [0.3, 0.4) is 0 Å². The second-order valence-electron chi connectivity index (χ2n) is 1.98. The number of thiol groups is 1. The van der Waals surface area contributed by atoms with Crippen LogP contribution in [0.5, 0.6) is 0 Å². The Bertz CT molecular complexity index is 40.6. The molecule has 1 aliphatic rings. The molecule has 0 N–H and O–H groups in total. The van der Waals surface area contributed by atoms with Crippen molar-refractivity contribution < 1.29 is 0 Å². The first-order valence-corrected chi connectivity index (χ1v) is 3.17. The van der Waals surface area contributed by atoms with Gasteiger partial charge in [-0.3, -0.25) is 0 Å². The standard InChI is InChI=1S/C5H10S.Na.H/c6-4-5-2-1-3-5;;/h5-6H,1-4H2;;. The second kappa shape index (κ2) is 4.25. The molecule has 0 bridgehead atoms. The zero-order chi connectivity index (χ0) is 4.41. The van der Waals surface area contributed by atoms with E-state index in [1.54, 1.807) is 0 Å². The van der Waals surface area contributed by atoms with Gasteiger partial charge >= 0.3 is 29.6 Å². The van der Waals surface area contributed by atoms with Crippen molar-refractivity contribution in [2.45, 2.75) is 19.3 Å². The Morgan fingerprint density at radius 1 is 1.43 bits per heavy atom. The summed E-state index contributed by atoms with van der Waals surface area (Å²) in [6.45, 7) is 0. The summed E-state index contributed by atoms with van der Waals surface area (Å²) >= 11 is 4.15. The fourth-order valence-electron chi connectivity index (χ4n) is 0.675. The first-order chi connectivity index (χ1) is 2.93. The van der Waals surface area contributed by atoms with E-state index in [4.69, 9.17) is 0 Å². The van der Waals surface area contributed by atoms with Crippen LogP contribution < -0.4 is 0 Å². The van der Waals surface area contributed by atoms with Gasteiger partial charge in [0.2, 0.25) is 0 Å². The topological polar surface area (TPSA) is 0 Å². The quantitative estimate of drug-likeness (QED) is 0.394. The van der Waals surface area contributed by atoms with Crippen molar-refractivity contribution >= 4 is 42.2 Å². The van der Waals surface area contributed by atoms with Gasteiger partial charge in [-0.1, -0.05) is 6.42 Å². The van der Waals surface area contributed by atoms with Crippen LogP contribution in [-0.4, -0.2) is 35.3 Å². The number of hydrogen-bond donors (Lipinski definition) is 1. The van der Waals surface area contributed by atoms with Crippen LogP contribution in [0.4, 0.5) is 0 Å². The van der Waals surface area contributed by atoms with Crippen LogP contribution in [0.2, 0.25) is 0 Å². The molecule has 1 fully saturated rings. The normalized spacial score (nSPS) is 20.1. The molecule has 1 rings (SSSR count). The van der Waals surface area contributed by atoms with Crippen molar-refractivity contribution in [3.8, 4) is 0 Å². The van der Waals surface area contributed by atoms with E-state index in [-0.39, 0.29) is 29.6 Å². The Balaban J connectivity index is 0.000000360. The maximum absolute atomic E-state index is 4.15. The monoisotopic (exact) mass is 126 g/mol. The Morgan fingerprint density at radius 2 is 2.00 bits per heavy atom. The molecule has 0 spiro atoms. The summed E-state index contributed by atoms with van der Waals surface area (Å²) in [5.74, 6) is 2.09. The summed E-state index contributed by atoms with van der Waals surface area (Å²) < 4.78 is 0. The van der Waals surface area contributed by atoms with E-state index in [2.05, 4.69) is 12.6 Å². The molecule has 0 nitrogen and oxygen atoms in total. The van der Waals surface area contributed by atoms with Crippen LogP contribution in [0.15, 0.2) is 0 Å². The zero-order valence-electron chi connectivity index (χ0n) is 3.85. The average Bonchev–Trinajstić information content (AvgIpc) is 1.31. The Morgan fingerprint density at radius 3 is 2.00 bits per heavy atom. The summed E-state index contributed by atoms with van der Waals surface area (Å²) in [4.78, 5) is 0. The van der Waals surface area contributed by atoms with E-state index < -0.39 is 0 Å². The minimum atomic E-state index is 0. The van der Waals surface area contributed by atoms with Gasteiger partial charge in [-0.15, -0.1) is 0 Å². The minimum absolute atomic E-state index is 0. The molecule has 0 heterocycles. The van der Waals surface area contributed by atoms with Crippen molar-refractivity contribution in [3.05, 3.63) is 0 Å². The Hall–Kier alpha value is 1.35. The summed E-state index contributed by atoms with van der Waals surface area (Å²) in [6, 6.07) is 0. The molecular formula is C5H11NaS. The molecular weight excluding hydrogens is 115 g/mol. The van der Waals surface area contributed by atoms with Crippen molar-refractivity contribution in [1.82, 2.24) is 0 Å². The molecule has 7 heavy (non-hydrogen) atoms. The third-order valence-corrected chi connectivity index (χ3v) is 2.00. The van der Waals surface area contributed by atoms with Crippen LogP contribution in [0, 0.1) is 5.92 Å². The molecule has 0 amide bonds. The maximum atomic E-state index is 4.15. The van der Waals surface area contributed by atoms with Crippen LogP contribution in [0.1, 0.15) is 19.3 Å². The average molecular weight is 126 g/mol. The van der Waals surface area contributed by atoms with Crippen LogP contribution in [-0.2, 0) is 0 Å². The van der Waals surface area contributed by atoms with Crippen molar-refractivity contribution in [3.63, 3.8) is 0 Å². The van der Waals surface area contributed by atoms with E-state index in [0.29, 0.717) is 0 Å². The van der Waals surface area contributed by atoms with E-state index in [0.717, 1.165) is 11.7 Å². The summed E-state index contributed by atoms with van der Waals surface area (Å²) in [5.41, 5.74) is 0. The molecule has 0 unspecified atom stereocenters. The van der Waals surface area contributed by atoms with Gasteiger partial charge in [0, 0.05) is 0 Å². The van der Waals surface area contributed by atoms with Crippen LogP contribution in [0.25, 0.3) is 0 Å². The Kier molecular flexibility index (Phi) is 5.07. The molecule has 0 radical (unpaired) electrons. The molecule has 0 aromatic heterocycles. The fraction of sp³-hybridized carbons (Fsp3) is 1.00. The molecule has 0 aromatic carbocycles. The van der Waals surface area contributed by atoms with E-state index in [1.807, 2.05) is 0 Å². The van der Waals surface area contributed by atoms with Gasteiger partial charge in [0.15, 0.2) is 0 Å². The molecule has 1 aliphatic carbocycles. The van der Waals surface area contributed by atoms with Gasteiger partial charge < -0.3 is 0 Å². The molecule has 0 atom stereocenters. The van der Waals surface area contributed by atoms with Gasteiger partial charge in [0.1, 0.15) is 0 Å². The van der Waals surface area contributed by atoms with Crippen molar-refractivity contribution in [1.29, 1.82) is 0 Å². The van der Waals surface area contributed by atoms with E-state index in [1.165, 1.54) is 19.3 Å². The third-order valence-electron chi connectivity index (χ3n) is 1.48. The first kappa shape index (κ1) is 8.35. The van der Waals surface area contributed by atoms with Gasteiger partial charge in [0.05, 0.1) is 0 Å². The zero-order valence-corrected chi connectivity index (χ0v) is 4.75. The molecule has 0 saturated heterocycles. The molecule has 1 saturated carbocycles. The molecule has 0 aliphatic heterocycles. The van der Waals surface area contributed by atoms with Crippen molar-refractivity contribution in [2.24, 2.45) is 5.92 Å². The second-order valence-corrected chi connectivity index (χ2v) is 2.34. The van der Waals surface area contributed by atoms with Crippen molar-refractivity contribution in [2.75, 3.05) is 5.75 Å². The third kappa shape index (κ3) is 2.41. The predicted octanol–water partition coefficient (Wildman–Crippen LogP) is 1.07. The summed E-state index contributed by atoms with van der Waals surface area (Å²) in [5, 5.41) is 0. The van der Waals surface area contributed by atoms with Gasteiger partial charge in [-0.25, -0.2) is 0 Å². The Labute approximate surface area is 72.8 Å². The fourth-order valence-corrected chi connectivity index (χ4v) is 1.04. The van der Waals surface area contributed by atoms with E-state index >= 15 is 0 Å². The van der Waals surface area contributed by atoms with E-state index in [9.17, 15) is 0 Å². The summed E-state index contributed by atoms with van der Waals surface area (Å²) in [7, 11) is 0. The molecule has 0 aromatic rings. The molecule has 38 valence electrons. The van der Waals surface area contributed by atoms with Gasteiger partial charge in [-0.05, 0) is 24.5 Å². The SMILES string of the molecule is SCC1CCC1.[NaH].